The molecular weight excluding hydrogens is 352 g/mol. The molecule has 0 radical (unpaired) electrons. The lowest BCUT2D eigenvalue weighted by atomic mass is 10.2. The molecule has 1 aromatic carbocycles. The van der Waals surface area contributed by atoms with Crippen LogP contribution in [0.1, 0.15) is 17.3 Å². The van der Waals surface area contributed by atoms with Crippen LogP contribution in [-0.2, 0) is 0 Å². The molecule has 0 bridgehead atoms. The third-order valence-electron chi connectivity index (χ3n) is 1.37. The van der Waals surface area contributed by atoms with Gasteiger partial charge in [-0.15, -0.1) is 0 Å². The molecule has 0 atom stereocenters. The van der Waals surface area contributed by atoms with Crippen LogP contribution in [0.15, 0.2) is 25.6 Å². The molecule has 1 rings (SSSR count). The average Bonchev–Trinajstić information content (AvgIpc) is 1.96. The van der Waals surface area contributed by atoms with E-state index in [-0.39, 0.29) is 5.78 Å². The Morgan fingerprint density at radius 1 is 1.25 bits per heavy atom. The standard InChI is InChI=1S/C8H5Br3O/c1-4(12)6-2-5(9)3-7(10)8(6)11/h2-3H,1H3. The van der Waals surface area contributed by atoms with Gasteiger partial charge in [-0.1, -0.05) is 15.9 Å². The third-order valence-corrected chi connectivity index (χ3v) is 3.84. The van der Waals surface area contributed by atoms with Crippen LogP contribution in [0.4, 0.5) is 0 Å². The average molecular weight is 357 g/mol. The predicted molar refractivity (Wildman–Crippen MR) is 59.5 cm³/mol. The Labute approximate surface area is 95.9 Å². The summed E-state index contributed by atoms with van der Waals surface area (Å²) in [7, 11) is 0. The van der Waals surface area contributed by atoms with Crippen molar-refractivity contribution in [2.75, 3.05) is 0 Å². The van der Waals surface area contributed by atoms with Crippen LogP contribution in [0.2, 0.25) is 0 Å². The molecule has 0 saturated carbocycles. The summed E-state index contributed by atoms with van der Waals surface area (Å²) in [6.07, 6.45) is 0. The zero-order valence-electron chi connectivity index (χ0n) is 6.20. The van der Waals surface area contributed by atoms with Crippen molar-refractivity contribution < 1.29 is 4.79 Å². The molecule has 12 heavy (non-hydrogen) atoms. The molecule has 1 aromatic rings. The van der Waals surface area contributed by atoms with Crippen LogP contribution in [-0.4, -0.2) is 5.78 Å². The van der Waals surface area contributed by atoms with Gasteiger partial charge >= 0.3 is 0 Å². The summed E-state index contributed by atoms with van der Waals surface area (Å²) in [5, 5.41) is 0. The minimum atomic E-state index is 0.0453. The first kappa shape index (κ1) is 10.4. The van der Waals surface area contributed by atoms with Crippen LogP contribution in [0.25, 0.3) is 0 Å². The topological polar surface area (TPSA) is 17.1 Å². The maximum absolute atomic E-state index is 11.1. The zero-order valence-corrected chi connectivity index (χ0v) is 11.0. The Hall–Kier alpha value is 0.330. The highest BCUT2D eigenvalue weighted by Crippen LogP contribution is 2.30. The summed E-state index contributed by atoms with van der Waals surface area (Å²) in [5.41, 5.74) is 0.677. The molecule has 64 valence electrons. The fraction of sp³-hybridized carbons (Fsp3) is 0.125. The van der Waals surface area contributed by atoms with Crippen molar-refractivity contribution in [3.63, 3.8) is 0 Å². The quantitative estimate of drug-likeness (QED) is 0.545. The van der Waals surface area contributed by atoms with E-state index in [0.29, 0.717) is 5.56 Å². The molecule has 0 aliphatic carbocycles. The van der Waals surface area contributed by atoms with Crippen LogP contribution in [0.3, 0.4) is 0 Å². The van der Waals surface area contributed by atoms with Crippen molar-refractivity contribution in [1.29, 1.82) is 0 Å². The van der Waals surface area contributed by atoms with Crippen molar-refractivity contribution in [1.82, 2.24) is 0 Å². The number of Topliss-reactive ketones (excluding diaryl/α,β-unsaturated/α-hetero) is 1. The van der Waals surface area contributed by atoms with Gasteiger partial charge < -0.3 is 0 Å². The lowest BCUT2D eigenvalue weighted by Crippen LogP contribution is -1.93. The molecule has 0 N–H and O–H groups in total. The maximum atomic E-state index is 11.1. The Morgan fingerprint density at radius 3 is 2.33 bits per heavy atom. The predicted octanol–water partition coefficient (Wildman–Crippen LogP) is 4.18. The van der Waals surface area contributed by atoms with Crippen LogP contribution in [0.5, 0.6) is 0 Å². The Morgan fingerprint density at radius 2 is 1.83 bits per heavy atom. The molecule has 0 amide bonds. The van der Waals surface area contributed by atoms with Crippen molar-refractivity contribution >= 4 is 53.6 Å². The summed E-state index contributed by atoms with van der Waals surface area (Å²) in [5.74, 6) is 0.0453. The van der Waals surface area contributed by atoms with E-state index in [1.54, 1.807) is 13.0 Å². The molecule has 0 unspecified atom stereocenters. The van der Waals surface area contributed by atoms with E-state index in [0.717, 1.165) is 13.4 Å². The molecule has 0 aliphatic rings. The van der Waals surface area contributed by atoms with E-state index in [9.17, 15) is 4.79 Å². The number of carbonyl (C=O) groups excluding carboxylic acids is 1. The Bertz CT molecular complexity index is 333. The number of ketones is 1. The monoisotopic (exact) mass is 354 g/mol. The number of carbonyl (C=O) groups is 1. The molecule has 4 heteroatoms. The summed E-state index contributed by atoms with van der Waals surface area (Å²) < 4.78 is 2.57. The second-order valence-electron chi connectivity index (χ2n) is 2.31. The minimum absolute atomic E-state index is 0.0453. The fourth-order valence-electron chi connectivity index (χ4n) is 0.812. The zero-order chi connectivity index (χ0) is 9.30. The van der Waals surface area contributed by atoms with E-state index >= 15 is 0 Å². The number of hydrogen-bond acceptors (Lipinski definition) is 1. The number of rotatable bonds is 1. The first-order valence-electron chi connectivity index (χ1n) is 3.18. The van der Waals surface area contributed by atoms with Crippen LogP contribution < -0.4 is 0 Å². The molecule has 0 heterocycles. The summed E-state index contributed by atoms with van der Waals surface area (Å²) >= 11 is 9.97. The molecule has 0 aliphatic heterocycles. The summed E-state index contributed by atoms with van der Waals surface area (Å²) in [6, 6.07) is 3.67. The first-order chi connectivity index (χ1) is 5.52. The van der Waals surface area contributed by atoms with Crippen LogP contribution >= 0.6 is 47.8 Å². The number of halogens is 3. The fourth-order valence-corrected chi connectivity index (χ4v) is 2.55. The van der Waals surface area contributed by atoms with Gasteiger partial charge in [0.25, 0.3) is 0 Å². The first-order valence-corrected chi connectivity index (χ1v) is 5.55. The molecular formula is C8H5Br3O. The largest absolute Gasteiger partial charge is 0.294 e. The normalized spacial score (nSPS) is 10.0. The van der Waals surface area contributed by atoms with Gasteiger partial charge in [-0.05, 0) is 50.9 Å². The SMILES string of the molecule is CC(=O)c1cc(Br)cc(Br)c1Br. The number of benzene rings is 1. The van der Waals surface area contributed by atoms with Crippen molar-refractivity contribution in [2.24, 2.45) is 0 Å². The highest BCUT2D eigenvalue weighted by molar-refractivity contribution is 9.13. The van der Waals surface area contributed by atoms with E-state index in [1.807, 2.05) is 6.07 Å². The van der Waals surface area contributed by atoms with Crippen molar-refractivity contribution in [3.05, 3.63) is 31.1 Å². The number of hydrogen-bond donors (Lipinski definition) is 0. The van der Waals surface area contributed by atoms with Gasteiger partial charge in [0.2, 0.25) is 0 Å². The third kappa shape index (κ3) is 2.18. The smallest absolute Gasteiger partial charge is 0.161 e. The van der Waals surface area contributed by atoms with Crippen molar-refractivity contribution in [3.8, 4) is 0 Å². The molecule has 0 spiro atoms. The Balaban J connectivity index is 3.37. The maximum Gasteiger partial charge on any atom is 0.161 e. The van der Waals surface area contributed by atoms with Crippen LogP contribution in [0, 0.1) is 0 Å². The van der Waals surface area contributed by atoms with E-state index in [1.165, 1.54) is 0 Å². The lowest BCUT2D eigenvalue weighted by Gasteiger charge is -2.03. The minimum Gasteiger partial charge on any atom is -0.294 e. The molecule has 0 fully saturated rings. The van der Waals surface area contributed by atoms with Gasteiger partial charge in [-0.3, -0.25) is 4.79 Å². The van der Waals surface area contributed by atoms with E-state index in [2.05, 4.69) is 47.8 Å². The van der Waals surface area contributed by atoms with Gasteiger partial charge in [-0.25, -0.2) is 0 Å². The second-order valence-corrected chi connectivity index (χ2v) is 4.87. The van der Waals surface area contributed by atoms with Gasteiger partial charge in [0, 0.05) is 19.0 Å². The summed E-state index contributed by atoms with van der Waals surface area (Å²) in [4.78, 5) is 11.1. The van der Waals surface area contributed by atoms with Gasteiger partial charge in [0.05, 0.1) is 0 Å². The molecule has 0 saturated heterocycles. The molecule has 0 aromatic heterocycles. The second kappa shape index (κ2) is 4.03. The van der Waals surface area contributed by atoms with Gasteiger partial charge in [0.15, 0.2) is 5.78 Å². The van der Waals surface area contributed by atoms with Gasteiger partial charge in [0.1, 0.15) is 0 Å². The Kier molecular flexibility index (Phi) is 3.49. The van der Waals surface area contributed by atoms with E-state index in [4.69, 9.17) is 0 Å². The van der Waals surface area contributed by atoms with E-state index < -0.39 is 0 Å². The van der Waals surface area contributed by atoms with Crippen molar-refractivity contribution in [2.45, 2.75) is 6.92 Å². The lowest BCUT2D eigenvalue weighted by molar-refractivity contribution is 0.101. The summed E-state index contributed by atoms with van der Waals surface area (Å²) in [6.45, 7) is 1.54. The van der Waals surface area contributed by atoms with Gasteiger partial charge in [-0.2, -0.15) is 0 Å². The highest BCUT2D eigenvalue weighted by atomic mass is 79.9. The highest BCUT2D eigenvalue weighted by Gasteiger charge is 2.09. The molecule has 1 nitrogen and oxygen atoms in total.